The Morgan fingerprint density at radius 3 is 2.35 bits per heavy atom. The minimum atomic E-state index is -0.818. The standard InChI is InChI=1S/C13H10Cl2N2O3/c1-7-10(13(19)20-2)11(12(15)18)16-17(7)9-5-3-8(14)4-6-9/h3-6H,1-2H3. The average Bonchev–Trinajstić information content (AvgIpc) is 2.77. The van der Waals surface area contributed by atoms with E-state index in [1.165, 1.54) is 11.8 Å². The molecule has 0 amide bonds. The Bertz CT molecular complexity index is 678. The van der Waals surface area contributed by atoms with E-state index in [0.29, 0.717) is 16.4 Å². The minimum absolute atomic E-state index is 0.0578. The molecule has 7 heteroatoms. The fraction of sp³-hybridized carbons (Fsp3) is 0.154. The third kappa shape index (κ3) is 2.55. The Morgan fingerprint density at radius 1 is 1.25 bits per heavy atom. The van der Waals surface area contributed by atoms with Crippen molar-refractivity contribution in [3.05, 3.63) is 46.2 Å². The number of methoxy groups -OCH3 is 1. The molecule has 0 aliphatic carbocycles. The molecule has 2 rings (SSSR count). The lowest BCUT2D eigenvalue weighted by Gasteiger charge is -2.04. The van der Waals surface area contributed by atoms with Crippen LogP contribution in [0.25, 0.3) is 5.69 Å². The van der Waals surface area contributed by atoms with Gasteiger partial charge in [-0.25, -0.2) is 9.48 Å². The number of nitrogens with zero attached hydrogens (tertiary/aromatic N) is 2. The first kappa shape index (κ1) is 14.6. The summed E-state index contributed by atoms with van der Waals surface area (Å²) >= 11 is 11.3. The van der Waals surface area contributed by atoms with Crippen molar-refractivity contribution in [2.45, 2.75) is 6.92 Å². The Labute approximate surface area is 125 Å². The molecule has 0 fully saturated rings. The van der Waals surface area contributed by atoms with Gasteiger partial charge in [0.25, 0.3) is 5.24 Å². The van der Waals surface area contributed by atoms with Crippen LogP contribution in [0.3, 0.4) is 0 Å². The normalized spacial score (nSPS) is 10.4. The van der Waals surface area contributed by atoms with E-state index in [1.807, 2.05) is 0 Å². The third-order valence-corrected chi connectivity index (χ3v) is 3.19. The molecular weight excluding hydrogens is 303 g/mol. The van der Waals surface area contributed by atoms with Crippen LogP contribution in [0.1, 0.15) is 26.5 Å². The first-order valence-corrected chi connectivity index (χ1v) is 6.35. The number of esters is 1. The Hall–Kier alpha value is -1.85. The van der Waals surface area contributed by atoms with Crippen molar-refractivity contribution in [3.63, 3.8) is 0 Å². The highest BCUT2D eigenvalue weighted by Crippen LogP contribution is 2.21. The summed E-state index contributed by atoms with van der Waals surface area (Å²) in [6.07, 6.45) is 0. The summed E-state index contributed by atoms with van der Waals surface area (Å²) < 4.78 is 6.09. The molecule has 1 aromatic heterocycles. The van der Waals surface area contributed by atoms with Crippen molar-refractivity contribution in [3.8, 4) is 5.69 Å². The van der Waals surface area contributed by atoms with E-state index in [9.17, 15) is 9.59 Å². The molecule has 104 valence electrons. The molecule has 0 saturated carbocycles. The number of hydrogen-bond donors (Lipinski definition) is 0. The molecule has 2 aromatic rings. The van der Waals surface area contributed by atoms with E-state index in [0.717, 1.165) is 0 Å². The van der Waals surface area contributed by atoms with Crippen LogP contribution in [0.4, 0.5) is 0 Å². The second kappa shape index (κ2) is 5.64. The second-order valence-electron chi connectivity index (χ2n) is 3.96. The maximum absolute atomic E-state index is 11.8. The first-order chi connectivity index (χ1) is 9.45. The fourth-order valence-electron chi connectivity index (χ4n) is 1.82. The maximum Gasteiger partial charge on any atom is 0.342 e. The first-order valence-electron chi connectivity index (χ1n) is 5.59. The lowest BCUT2D eigenvalue weighted by atomic mass is 10.2. The lowest BCUT2D eigenvalue weighted by molar-refractivity contribution is 0.0597. The minimum Gasteiger partial charge on any atom is -0.465 e. The number of carbonyl (C=O) groups excluding carboxylic acids is 2. The molecule has 0 unspecified atom stereocenters. The van der Waals surface area contributed by atoms with Gasteiger partial charge in [0.05, 0.1) is 18.5 Å². The molecule has 0 aliphatic heterocycles. The van der Waals surface area contributed by atoms with Gasteiger partial charge in [0.2, 0.25) is 0 Å². The zero-order chi connectivity index (χ0) is 14.9. The SMILES string of the molecule is COC(=O)c1c(C(=O)Cl)nn(-c2ccc(Cl)cc2)c1C. The summed E-state index contributed by atoms with van der Waals surface area (Å²) in [5.41, 5.74) is 1.04. The molecule has 0 atom stereocenters. The van der Waals surface area contributed by atoms with Crippen LogP contribution in [0.5, 0.6) is 0 Å². The number of aromatic nitrogens is 2. The van der Waals surface area contributed by atoms with Crippen molar-refractivity contribution < 1.29 is 14.3 Å². The zero-order valence-corrected chi connectivity index (χ0v) is 12.2. The van der Waals surface area contributed by atoms with Crippen molar-refractivity contribution in [1.82, 2.24) is 9.78 Å². The van der Waals surface area contributed by atoms with Crippen LogP contribution >= 0.6 is 23.2 Å². The van der Waals surface area contributed by atoms with Crippen molar-refractivity contribution >= 4 is 34.4 Å². The van der Waals surface area contributed by atoms with Crippen molar-refractivity contribution in [1.29, 1.82) is 0 Å². The molecule has 0 radical (unpaired) electrons. The molecule has 20 heavy (non-hydrogen) atoms. The highest BCUT2D eigenvalue weighted by molar-refractivity contribution is 6.67. The highest BCUT2D eigenvalue weighted by Gasteiger charge is 2.26. The van der Waals surface area contributed by atoms with Gasteiger partial charge in [-0.3, -0.25) is 4.79 Å². The smallest absolute Gasteiger partial charge is 0.342 e. The van der Waals surface area contributed by atoms with E-state index < -0.39 is 11.2 Å². The Balaban J connectivity index is 2.64. The van der Waals surface area contributed by atoms with Gasteiger partial charge in [-0.2, -0.15) is 5.10 Å². The quantitative estimate of drug-likeness (QED) is 0.645. The topological polar surface area (TPSA) is 61.2 Å². The predicted molar refractivity (Wildman–Crippen MR) is 74.8 cm³/mol. The zero-order valence-electron chi connectivity index (χ0n) is 10.7. The van der Waals surface area contributed by atoms with Crippen LogP contribution in [0.2, 0.25) is 5.02 Å². The lowest BCUT2D eigenvalue weighted by Crippen LogP contribution is -2.07. The van der Waals surface area contributed by atoms with E-state index in [4.69, 9.17) is 23.2 Å². The van der Waals surface area contributed by atoms with Crippen LogP contribution in [-0.4, -0.2) is 28.1 Å². The molecule has 1 heterocycles. The summed E-state index contributed by atoms with van der Waals surface area (Å²) in [7, 11) is 1.23. The number of hydrogen-bond acceptors (Lipinski definition) is 4. The summed E-state index contributed by atoms with van der Waals surface area (Å²) in [5, 5.41) is 3.82. The number of halogens is 2. The number of benzene rings is 1. The Morgan fingerprint density at radius 2 is 1.85 bits per heavy atom. The van der Waals surface area contributed by atoms with Gasteiger partial charge < -0.3 is 4.74 Å². The van der Waals surface area contributed by atoms with Gasteiger partial charge >= 0.3 is 5.97 Å². The van der Waals surface area contributed by atoms with Gasteiger partial charge in [0.1, 0.15) is 5.56 Å². The van der Waals surface area contributed by atoms with Crippen LogP contribution in [-0.2, 0) is 4.74 Å². The van der Waals surface area contributed by atoms with E-state index in [2.05, 4.69) is 9.84 Å². The van der Waals surface area contributed by atoms with Gasteiger partial charge in [-0.05, 0) is 42.8 Å². The van der Waals surface area contributed by atoms with Gasteiger partial charge in [-0.1, -0.05) is 11.6 Å². The average molecular weight is 313 g/mol. The monoisotopic (exact) mass is 312 g/mol. The van der Waals surface area contributed by atoms with Gasteiger partial charge in [0, 0.05) is 5.02 Å². The number of ether oxygens (including phenoxy) is 1. The van der Waals surface area contributed by atoms with Crippen LogP contribution in [0.15, 0.2) is 24.3 Å². The van der Waals surface area contributed by atoms with Crippen molar-refractivity contribution in [2.24, 2.45) is 0 Å². The maximum atomic E-state index is 11.8. The third-order valence-electron chi connectivity index (χ3n) is 2.76. The molecule has 0 bridgehead atoms. The van der Waals surface area contributed by atoms with E-state index in [1.54, 1.807) is 31.2 Å². The highest BCUT2D eigenvalue weighted by atomic mass is 35.5. The summed E-state index contributed by atoms with van der Waals surface area (Å²) in [6, 6.07) is 6.79. The van der Waals surface area contributed by atoms with Gasteiger partial charge in [0.15, 0.2) is 5.69 Å². The molecule has 5 nitrogen and oxygen atoms in total. The van der Waals surface area contributed by atoms with Crippen LogP contribution in [0, 0.1) is 6.92 Å². The summed E-state index contributed by atoms with van der Waals surface area (Å²) in [4.78, 5) is 23.1. The second-order valence-corrected chi connectivity index (χ2v) is 4.74. The van der Waals surface area contributed by atoms with E-state index >= 15 is 0 Å². The molecule has 0 saturated heterocycles. The molecule has 0 N–H and O–H groups in total. The predicted octanol–water partition coefficient (Wildman–Crippen LogP) is 3.00. The molecular formula is C13H10Cl2N2O3. The largest absolute Gasteiger partial charge is 0.465 e. The van der Waals surface area contributed by atoms with Crippen LogP contribution < -0.4 is 0 Å². The summed E-state index contributed by atoms with van der Waals surface area (Å²) in [5.74, 6) is -0.660. The Kier molecular flexibility index (Phi) is 4.11. The summed E-state index contributed by atoms with van der Waals surface area (Å²) in [6.45, 7) is 1.65. The molecule has 0 spiro atoms. The molecule has 1 aromatic carbocycles. The fourth-order valence-corrected chi connectivity index (χ4v) is 2.08. The van der Waals surface area contributed by atoms with Crippen molar-refractivity contribution in [2.75, 3.05) is 7.11 Å². The van der Waals surface area contributed by atoms with Gasteiger partial charge in [-0.15, -0.1) is 0 Å². The number of carbonyl (C=O) groups is 2. The molecule has 0 aliphatic rings. The number of rotatable bonds is 3. The van der Waals surface area contributed by atoms with E-state index in [-0.39, 0.29) is 11.3 Å².